The molecule has 0 radical (unpaired) electrons. The van der Waals surface area contributed by atoms with Gasteiger partial charge in [0.1, 0.15) is 0 Å². The van der Waals surface area contributed by atoms with Crippen molar-refractivity contribution in [3.63, 3.8) is 0 Å². The fourth-order valence-corrected chi connectivity index (χ4v) is 3.10. The molecule has 1 aliphatic rings. The van der Waals surface area contributed by atoms with Crippen molar-refractivity contribution in [3.8, 4) is 0 Å². The Labute approximate surface area is 156 Å². The van der Waals surface area contributed by atoms with E-state index in [0.29, 0.717) is 6.54 Å². The lowest BCUT2D eigenvalue weighted by Gasteiger charge is -2.35. The van der Waals surface area contributed by atoms with Crippen molar-refractivity contribution in [1.29, 1.82) is 0 Å². The first-order chi connectivity index (χ1) is 11.7. The zero-order valence-electron chi connectivity index (χ0n) is 14.6. The van der Waals surface area contributed by atoms with Crippen LogP contribution in [0.4, 0.5) is 0 Å². The Kier molecular flexibility index (Phi) is 7.00. The van der Waals surface area contributed by atoms with Crippen molar-refractivity contribution < 1.29 is 4.79 Å². The summed E-state index contributed by atoms with van der Waals surface area (Å²) in [4.78, 5) is 17.0. The van der Waals surface area contributed by atoms with Crippen molar-refractivity contribution in [1.82, 2.24) is 9.80 Å². The van der Waals surface area contributed by atoms with Gasteiger partial charge in [-0.3, -0.25) is 9.69 Å². The Bertz CT molecular complexity index is 694. The maximum absolute atomic E-state index is 12.6. The molecule has 3 rings (SSSR count). The summed E-state index contributed by atoms with van der Waals surface area (Å²) < 4.78 is 0. The average Bonchev–Trinajstić information content (AvgIpc) is 2.64. The zero-order chi connectivity index (χ0) is 16.9. The molecule has 5 heteroatoms. The first kappa shape index (κ1) is 19.4. The third kappa shape index (κ3) is 4.82. The smallest absolute Gasteiger partial charge is 0.253 e. The van der Waals surface area contributed by atoms with E-state index in [9.17, 15) is 4.79 Å². The van der Waals surface area contributed by atoms with Gasteiger partial charge in [0, 0.05) is 44.8 Å². The molecule has 0 aliphatic carbocycles. The van der Waals surface area contributed by atoms with Gasteiger partial charge >= 0.3 is 0 Å². The number of rotatable bonds is 4. The SMILES string of the molecule is Cc1ccccc1CN1CCN(C(=O)c2ccc(CN)cc2)CC1.Cl. The summed E-state index contributed by atoms with van der Waals surface area (Å²) in [5.74, 6) is 0.120. The van der Waals surface area contributed by atoms with Crippen molar-refractivity contribution in [2.24, 2.45) is 5.73 Å². The van der Waals surface area contributed by atoms with E-state index in [1.807, 2.05) is 29.2 Å². The van der Waals surface area contributed by atoms with Gasteiger partial charge in [-0.15, -0.1) is 12.4 Å². The minimum absolute atomic E-state index is 0. The highest BCUT2D eigenvalue weighted by molar-refractivity contribution is 5.94. The topological polar surface area (TPSA) is 49.6 Å². The van der Waals surface area contributed by atoms with Crippen LogP contribution in [-0.4, -0.2) is 41.9 Å². The van der Waals surface area contributed by atoms with Crippen LogP contribution in [0.5, 0.6) is 0 Å². The van der Waals surface area contributed by atoms with E-state index in [1.54, 1.807) is 0 Å². The highest BCUT2D eigenvalue weighted by Crippen LogP contribution is 2.14. The third-order valence-corrected chi connectivity index (χ3v) is 4.75. The number of halogens is 1. The number of aryl methyl sites for hydroxylation is 1. The molecule has 1 fully saturated rings. The van der Waals surface area contributed by atoms with Crippen molar-refractivity contribution in [3.05, 3.63) is 70.8 Å². The van der Waals surface area contributed by atoms with Crippen LogP contribution >= 0.6 is 12.4 Å². The second kappa shape index (κ2) is 8.99. The molecule has 4 nitrogen and oxygen atoms in total. The van der Waals surface area contributed by atoms with Crippen LogP contribution in [-0.2, 0) is 13.1 Å². The second-order valence-electron chi connectivity index (χ2n) is 6.40. The predicted molar refractivity (Wildman–Crippen MR) is 104 cm³/mol. The molecule has 25 heavy (non-hydrogen) atoms. The molecule has 0 unspecified atom stereocenters. The Morgan fingerprint density at radius 3 is 2.24 bits per heavy atom. The standard InChI is InChI=1S/C20H25N3O.ClH/c1-16-4-2-3-5-19(16)15-22-10-12-23(13-11-22)20(24)18-8-6-17(14-21)7-9-18;/h2-9H,10-15,21H2,1H3;1H. The minimum atomic E-state index is 0. The Hall–Kier alpha value is -1.88. The quantitative estimate of drug-likeness (QED) is 0.913. The number of carbonyl (C=O) groups is 1. The molecule has 2 aromatic rings. The van der Waals surface area contributed by atoms with Gasteiger partial charge in [-0.2, -0.15) is 0 Å². The molecule has 0 spiro atoms. The number of piperazine rings is 1. The van der Waals surface area contributed by atoms with Gasteiger partial charge in [0.25, 0.3) is 5.91 Å². The van der Waals surface area contributed by atoms with E-state index in [0.717, 1.165) is 43.9 Å². The summed E-state index contributed by atoms with van der Waals surface area (Å²) in [6, 6.07) is 16.1. The second-order valence-corrected chi connectivity index (χ2v) is 6.40. The monoisotopic (exact) mass is 359 g/mol. The van der Waals surface area contributed by atoms with Crippen LogP contribution in [0.2, 0.25) is 0 Å². The fourth-order valence-electron chi connectivity index (χ4n) is 3.10. The van der Waals surface area contributed by atoms with Crippen molar-refractivity contribution in [2.45, 2.75) is 20.0 Å². The number of benzene rings is 2. The molecular weight excluding hydrogens is 334 g/mol. The molecule has 0 atom stereocenters. The van der Waals surface area contributed by atoms with E-state index in [4.69, 9.17) is 5.73 Å². The lowest BCUT2D eigenvalue weighted by atomic mass is 10.1. The molecule has 2 N–H and O–H groups in total. The summed E-state index contributed by atoms with van der Waals surface area (Å²) in [6.07, 6.45) is 0. The van der Waals surface area contributed by atoms with Gasteiger partial charge in [-0.05, 0) is 35.7 Å². The van der Waals surface area contributed by atoms with Crippen LogP contribution in [0.3, 0.4) is 0 Å². The van der Waals surface area contributed by atoms with E-state index in [-0.39, 0.29) is 18.3 Å². The van der Waals surface area contributed by atoms with Crippen LogP contribution in [0.15, 0.2) is 48.5 Å². The molecule has 0 bridgehead atoms. The van der Waals surface area contributed by atoms with E-state index < -0.39 is 0 Å². The van der Waals surface area contributed by atoms with E-state index in [2.05, 4.69) is 36.1 Å². The van der Waals surface area contributed by atoms with Gasteiger partial charge in [-0.1, -0.05) is 36.4 Å². The van der Waals surface area contributed by atoms with Crippen LogP contribution in [0.25, 0.3) is 0 Å². The number of nitrogens with two attached hydrogens (primary N) is 1. The lowest BCUT2D eigenvalue weighted by molar-refractivity contribution is 0.0628. The normalized spacial score (nSPS) is 14.9. The summed E-state index contributed by atoms with van der Waals surface area (Å²) in [7, 11) is 0. The van der Waals surface area contributed by atoms with Crippen molar-refractivity contribution >= 4 is 18.3 Å². The molecule has 1 heterocycles. The minimum Gasteiger partial charge on any atom is -0.336 e. The average molecular weight is 360 g/mol. The summed E-state index contributed by atoms with van der Waals surface area (Å²) in [6.45, 7) is 7.01. The maximum atomic E-state index is 12.6. The predicted octanol–water partition coefficient (Wildman–Crippen LogP) is 2.83. The summed E-state index contributed by atoms with van der Waals surface area (Å²) in [5, 5.41) is 0. The molecule has 1 aliphatic heterocycles. The summed E-state index contributed by atoms with van der Waals surface area (Å²) in [5.41, 5.74) is 10.1. The molecule has 2 aromatic carbocycles. The largest absolute Gasteiger partial charge is 0.336 e. The molecule has 1 amide bonds. The molecule has 1 saturated heterocycles. The van der Waals surface area contributed by atoms with Crippen molar-refractivity contribution in [2.75, 3.05) is 26.2 Å². The van der Waals surface area contributed by atoms with E-state index in [1.165, 1.54) is 11.1 Å². The van der Waals surface area contributed by atoms with Gasteiger partial charge in [0.2, 0.25) is 0 Å². The highest BCUT2D eigenvalue weighted by atomic mass is 35.5. The number of amides is 1. The highest BCUT2D eigenvalue weighted by Gasteiger charge is 2.22. The maximum Gasteiger partial charge on any atom is 0.253 e. The first-order valence-corrected chi connectivity index (χ1v) is 8.52. The Morgan fingerprint density at radius 1 is 1.00 bits per heavy atom. The molecular formula is C20H26ClN3O. The number of carbonyl (C=O) groups excluding carboxylic acids is 1. The molecule has 134 valence electrons. The number of nitrogens with zero attached hydrogens (tertiary/aromatic N) is 2. The van der Waals surface area contributed by atoms with Crippen LogP contribution in [0, 0.1) is 6.92 Å². The Balaban J connectivity index is 0.00000225. The van der Waals surface area contributed by atoms with Gasteiger partial charge in [-0.25, -0.2) is 0 Å². The van der Waals surface area contributed by atoms with Crippen LogP contribution < -0.4 is 5.73 Å². The van der Waals surface area contributed by atoms with E-state index >= 15 is 0 Å². The number of hydrogen-bond acceptors (Lipinski definition) is 3. The van der Waals surface area contributed by atoms with Gasteiger partial charge in [0.15, 0.2) is 0 Å². The molecule has 0 aromatic heterocycles. The zero-order valence-corrected chi connectivity index (χ0v) is 15.5. The fraction of sp³-hybridized carbons (Fsp3) is 0.350. The first-order valence-electron chi connectivity index (χ1n) is 8.52. The van der Waals surface area contributed by atoms with Crippen LogP contribution in [0.1, 0.15) is 27.0 Å². The number of hydrogen-bond donors (Lipinski definition) is 1. The Morgan fingerprint density at radius 2 is 1.64 bits per heavy atom. The molecule has 0 saturated carbocycles. The lowest BCUT2D eigenvalue weighted by Crippen LogP contribution is -2.48. The van der Waals surface area contributed by atoms with Gasteiger partial charge < -0.3 is 10.6 Å². The third-order valence-electron chi connectivity index (χ3n) is 4.75. The summed E-state index contributed by atoms with van der Waals surface area (Å²) >= 11 is 0. The van der Waals surface area contributed by atoms with Gasteiger partial charge in [0.05, 0.1) is 0 Å².